The number of alkyl halides is 1. The van der Waals surface area contributed by atoms with Crippen LogP contribution in [0.4, 0.5) is 0 Å². The largest absolute Gasteiger partial charge is 0.342 e. The predicted molar refractivity (Wildman–Crippen MR) is 31.3 cm³/mol. The SMILES string of the molecule is C[C@H]1NN[C@@H](CCl)O1. The Kier molecular flexibility index (Phi) is 2.08. The summed E-state index contributed by atoms with van der Waals surface area (Å²) in [5.41, 5.74) is 5.72. The van der Waals surface area contributed by atoms with Crippen LogP contribution in [0.2, 0.25) is 0 Å². The predicted octanol–water partition coefficient (Wildman–Crippen LogP) is 0.0217. The molecule has 1 fully saturated rings. The molecule has 8 heavy (non-hydrogen) atoms. The Morgan fingerprint density at radius 2 is 2.38 bits per heavy atom. The van der Waals surface area contributed by atoms with E-state index in [-0.39, 0.29) is 12.5 Å². The van der Waals surface area contributed by atoms with Gasteiger partial charge < -0.3 is 4.74 Å². The van der Waals surface area contributed by atoms with E-state index in [0.29, 0.717) is 5.88 Å². The van der Waals surface area contributed by atoms with E-state index in [0.717, 1.165) is 0 Å². The van der Waals surface area contributed by atoms with Crippen LogP contribution in [0, 0.1) is 0 Å². The zero-order valence-electron chi connectivity index (χ0n) is 4.65. The summed E-state index contributed by atoms with van der Waals surface area (Å²) in [6.45, 7) is 1.92. The first-order chi connectivity index (χ1) is 3.83. The molecule has 48 valence electrons. The van der Waals surface area contributed by atoms with Gasteiger partial charge in [0.1, 0.15) is 12.5 Å². The molecule has 2 atom stereocenters. The van der Waals surface area contributed by atoms with Crippen molar-refractivity contribution in [2.75, 3.05) is 5.88 Å². The topological polar surface area (TPSA) is 33.3 Å². The number of nitrogens with one attached hydrogen (secondary N) is 2. The van der Waals surface area contributed by atoms with Crippen LogP contribution in [0.15, 0.2) is 0 Å². The number of ether oxygens (including phenoxy) is 1. The van der Waals surface area contributed by atoms with E-state index in [1.54, 1.807) is 0 Å². The molecular weight excluding hydrogens is 128 g/mol. The normalized spacial score (nSPS) is 38.2. The fourth-order valence-electron chi connectivity index (χ4n) is 0.600. The highest BCUT2D eigenvalue weighted by Gasteiger charge is 2.17. The van der Waals surface area contributed by atoms with E-state index in [9.17, 15) is 0 Å². The molecule has 0 radical (unpaired) electrons. The Balaban J connectivity index is 2.22. The molecule has 0 saturated carbocycles. The number of rotatable bonds is 1. The molecule has 1 rings (SSSR count). The van der Waals surface area contributed by atoms with Crippen LogP contribution in [0.3, 0.4) is 0 Å². The molecule has 4 heteroatoms. The molecule has 0 spiro atoms. The van der Waals surface area contributed by atoms with Crippen LogP contribution >= 0.6 is 11.6 Å². The standard InChI is InChI=1S/C4H9ClN2O/c1-3-6-7-4(2-5)8-3/h3-4,6-7H,2H2,1H3/t3-,4+/m0/s1. The third-order valence-electron chi connectivity index (χ3n) is 0.956. The van der Waals surface area contributed by atoms with Crippen molar-refractivity contribution in [3.8, 4) is 0 Å². The highest BCUT2D eigenvalue weighted by molar-refractivity contribution is 6.18. The van der Waals surface area contributed by atoms with Gasteiger partial charge in [0.05, 0.1) is 5.88 Å². The van der Waals surface area contributed by atoms with Crippen LogP contribution in [0.1, 0.15) is 6.92 Å². The molecule has 3 nitrogen and oxygen atoms in total. The Morgan fingerprint density at radius 1 is 1.62 bits per heavy atom. The zero-order chi connectivity index (χ0) is 5.98. The van der Waals surface area contributed by atoms with Gasteiger partial charge in [-0.05, 0) is 6.92 Å². The van der Waals surface area contributed by atoms with Crippen molar-refractivity contribution in [3.63, 3.8) is 0 Å². The lowest BCUT2D eigenvalue weighted by Crippen LogP contribution is -2.32. The first kappa shape index (κ1) is 6.29. The smallest absolute Gasteiger partial charge is 0.136 e. The van der Waals surface area contributed by atoms with Gasteiger partial charge >= 0.3 is 0 Å². The molecule has 1 heterocycles. The number of halogens is 1. The van der Waals surface area contributed by atoms with Crippen LogP contribution in [-0.2, 0) is 4.74 Å². The summed E-state index contributed by atoms with van der Waals surface area (Å²) in [6.07, 6.45) is 0.0606. The fourth-order valence-corrected chi connectivity index (χ4v) is 0.750. The average Bonchev–Trinajstić information content (AvgIpc) is 2.14. The molecular formula is C4H9ClN2O. The van der Waals surface area contributed by atoms with Gasteiger partial charge in [-0.2, -0.15) is 0 Å². The van der Waals surface area contributed by atoms with E-state index in [2.05, 4.69) is 10.9 Å². The molecule has 0 aromatic carbocycles. The molecule has 0 aromatic rings. The van der Waals surface area contributed by atoms with Gasteiger partial charge in [-0.25, -0.2) is 10.9 Å². The van der Waals surface area contributed by atoms with Crippen molar-refractivity contribution in [3.05, 3.63) is 0 Å². The lowest BCUT2D eigenvalue weighted by molar-refractivity contribution is 0.0595. The molecule has 0 unspecified atom stereocenters. The fraction of sp³-hybridized carbons (Fsp3) is 1.00. The maximum absolute atomic E-state index is 5.45. The molecule has 0 aliphatic carbocycles. The Labute approximate surface area is 53.3 Å². The molecule has 1 saturated heterocycles. The first-order valence-corrected chi connectivity index (χ1v) is 3.09. The Hall–Kier alpha value is 0.170. The second kappa shape index (κ2) is 2.64. The van der Waals surface area contributed by atoms with Gasteiger partial charge in [0.15, 0.2) is 0 Å². The molecule has 1 aliphatic rings. The molecule has 0 bridgehead atoms. The minimum absolute atomic E-state index is 0.0216. The highest BCUT2D eigenvalue weighted by atomic mass is 35.5. The molecule has 1 aliphatic heterocycles. The van der Waals surface area contributed by atoms with Gasteiger partial charge in [-0.1, -0.05) is 0 Å². The molecule has 0 amide bonds. The van der Waals surface area contributed by atoms with Crippen molar-refractivity contribution in [1.82, 2.24) is 10.9 Å². The van der Waals surface area contributed by atoms with E-state index >= 15 is 0 Å². The maximum Gasteiger partial charge on any atom is 0.136 e. The molecule has 0 aromatic heterocycles. The summed E-state index contributed by atoms with van der Waals surface area (Å²) in [5.74, 6) is 0.483. The second-order valence-corrected chi connectivity index (χ2v) is 2.02. The lowest BCUT2D eigenvalue weighted by Gasteiger charge is -2.01. The number of hydrogen-bond acceptors (Lipinski definition) is 3. The van der Waals surface area contributed by atoms with Crippen molar-refractivity contribution in [2.24, 2.45) is 0 Å². The van der Waals surface area contributed by atoms with Crippen LogP contribution < -0.4 is 10.9 Å². The zero-order valence-corrected chi connectivity index (χ0v) is 5.40. The number of hydrazine groups is 1. The minimum atomic E-state index is -0.0216. The van der Waals surface area contributed by atoms with Gasteiger partial charge in [0.2, 0.25) is 0 Å². The highest BCUT2D eigenvalue weighted by Crippen LogP contribution is 1.99. The van der Waals surface area contributed by atoms with E-state index in [4.69, 9.17) is 16.3 Å². The number of hydrogen-bond donors (Lipinski definition) is 2. The summed E-state index contributed by atoms with van der Waals surface area (Å²) in [4.78, 5) is 0. The summed E-state index contributed by atoms with van der Waals surface area (Å²) in [6, 6.07) is 0. The van der Waals surface area contributed by atoms with Gasteiger partial charge in [0.25, 0.3) is 0 Å². The third-order valence-corrected chi connectivity index (χ3v) is 1.24. The van der Waals surface area contributed by atoms with Crippen molar-refractivity contribution >= 4 is 11.6 Å². The molecule has 2 N–H and O–H groups in total. The minimum Gasteiger partial charge on any atom is -0.342 e. The van der Waals surface area contributed by atoms with Crippen molar-refractivity contribution in [2.45, 2.75) is 19.4 Å². The van der Waals surface area contributed by atoms with Gasteiger partial charge in [-0.3, -0.25) is 0 Å². The van der Waals surface area contributed by atoms with Crippen LogP contribution in [-0.4, -0.2) is 18.3 Å². The summed E-state index contributed by atoms with van der Waals surface area (Å²) >= 11 is 5.45. The second-order valence-electron chi connectivity index (χ2n) is 1.71. The van der Waals surface area contributed by atoms with Crippen molar-refractivity contribution in [1.29, 1.82) is 0 Å². The lowest BCUT2D eigenvalue weighted by atomic mass is 10.7. The Bertz CT molecular complexity index is 80.4. The first-order valence-electron chi connectivity index (χ1n) is 2.55. The summed E-state index contributed by atoms with van der Waals surface area (Å²) in [7, 11) is 0. The van der Waals surface area contributed by atoms with E-state index in [1.807, 2.05) is 6.92 Å². The monoisotopic (exact) mass is 136 g/mol. The van der Waals surface area contributed by atoms with Gasteiger partial charge in [0, 0.05) is 0 Å². The van der Waals surface area contributed by atoms with E-state index < -0.39 is 0 Å². The maximum atomic E-state index is 5.45. The summed E-state index contributed by atoms with van der Waals surface area (Å²) in [5, 5.41) is 0. The van der Waals surface area contributed by atoms with E-state index in [1.165, 1.54) is 0 Å². The quantitative estimate of drug-likeness (QED) is 0.499. The average molecular weight is 137 g/mol. The van der Waals surface area contributed by atoms with Gasteiger partial charge in [-0.15, -0.1) is 11.6 Å². The Morgan fingerprint density at radius 3 is 2.62 bits per heavy atom. The third kappa shape index (κ3) is 1.32. The van der Waals surface area contributed by atoms with Crippen LogP contribution in [0.5, 0.6) is 0 Å². The van der Waals surface area contributed by atoms with Crippen LogP contribution in [0.25, 0.3) is 0 Å². The van der Waals surface area contributed by atoms with Crippen molar-refractivity contribution < 1.29 is 4.74 Å². The summed E-state index contributed by atoms with van der Waals surface area (Å²) < 4.78 is 5.16.